The van der Waals surface area contributed by atoms with E-state index in [9.17, 15) is 8.42 Å². The van der Waals surface area contributed by atoms with Crippen molar-refractivity contribution >= 4 is 21.4 Å². The lowest BCUT2D eigenvalue weighted by molar-refractivity contribution is 0.133. The van der Waals surface area contributed by atoms with Gasteiger partial charge in [0.2, 0.25) is 10.0 Å². The highest BCUT2D eigenvalue weighted by atomic mass is 32.2. The minimum absolute atomic E-state index is 0.250. The van der Waals surface area contributed by atoms with E-state index in [1.807, 2.05) is 33.1 Å². The van der Waals surface area contributed by atoms with E-state index in [0.717, 1.165) is 10.4 Å². The largest absolute Gasteiger partial charge is 0.380 e. The van der Waals surface area contributed by atoms with Gasteiger partial charge in [0.15, 0.2) is 0 Å². The maximum atomic E-state index is 12.6. The van der Waals surface area contributed by atoms with Crippen LogP contribution in [0.15, 0.2) is 10.3 Å². The summed E-state index contributed by atoms with van der Waals surface area (Å²) < 4.78 is 33.1. The standard InChI is InChI=1S/C14H26N2O3S2/c1-6-19-8-12(5)16-21(17,18)14-11(4)9-20-13(14)7-15-10(2)3/h9-10,12,15-16H,6-8H2,1-5H3. The number of nitrogens with one attached hydrogen (secondary N) is 2. The second kappa shape index (κ2) is 8.24. The van der Waals surface area contributed by atoms with Gasteiger partial charge in [-0.25, -0.2) is 13.1 Å². The van der Waals surface area contributed by atoms with Crippen LogP contribution in [0.2, 0.25) is 0 Å². The number of hydrogen-bond acceptors (Lipinski definition) is 5. The zero-order chi connectivity index (χ0) is 16.0. The first kappa shape index (κ1) is 18.6. The fraction of sp³-hybridized carbons (Fsp3) is 0.714. The van der Waals surface area contributed by atoms with Crippen LogP contribution in [-0.2, 0) is 21.3 Å². The van der Waals surface area contributed by atoms with E-state index in [1.165, 1.54) is 11.3 Å². The lowest BCUT2D eigenvalue weighted by Gasteiger charge is -2.15. The minimum Gasteiger partial charge on any atom is -0.380 e. The van der Waals surface area contributed by atoms with Crippen LogP contribution in [0.3, 0.4) is 0 Å². The quantitative estimate of drug-likeness (QED) is 0.727. The van der Waals surface area contributed by atoms with Gasteiger partial charge in [0.05, 0.1) is 6.61 Å². The topological polar surface area (TPSA) is 67.4 Å². The second-order valence-corrected chi connectivity index (χ2v) is 8.00. The van der Waals surface area contributed by atoms with Crippen molar-refractivity contribution in [2.24, 2.45) is 0 Å². The first-order valence-electron chi connectivity index (χ1n) is 7.18. The molecular formula is C14H26N2O3S2. The Morgan fingerprint density at radius 2 is 2.00 bits per heavy atom. The molecular weight excluding hydrogens is 308 g/mol. The van der Waals surface area contributed by atoms with E-state index >= 15 is 0 Å². The van der Waals surface area contributed by atoms with Crippen LogP contribution >= 0.6 is 11.3 Å². The molecule has 0 saturated heterocycles. The molecule has 7 heteroatoms. The van der Waals surface area contributed by atoms with Crippen LogP contribution in [0.5, 0.6) is 0 Å². The number of aryl methyl sites for hydroxylation is 1. The molecule has 0 aliphatic carbocycles. The summed E-state index contributed by atoms with van der Waals surface area (Å²) in [4.78, 5) is 1.25. The summed E-state index contributed by atoms with van der Waals surface area (Å²) in [6.45, 7) is 11.1. The van der Waals surface area contributed by atoms with Crippen LogP contribution < -0.4 is 10.0 Å². The molecule has 0 radical (unpaired) electrons. The normalized spacial score (nSPS) is 13.8. The van der Waals surface area contributed by atoms with E-state index < -0.39 is 10.0 Å². The van der Waals surface area contributed by atoms with Crippen LogP contribution in [0.1, 0.15) is 38.1 Å². The van der Waals surface area contributed by atoms with Crippen molar-refractivity contribution in [2.45, 2.75) is 58.1 Å². The van der Waals surface area contributed by atoms with Gasteiger partial charge in [0.25, 0.3) is 0 Å². The van der Waals surface area contributed by atoms with Crippen molar-refractivity contribution in [3.63, 3.8) is 0 Å². The summed E-state index contributed by atoms with van der Waals surface area (Å²) in [7, 11) is -3.52. The summed E-state index contributed by atoms with van der Waals surface area (Å²) in [5, 5.41) is 5.16. The maximum Gasteiger partial charge on any atom is 0.242 e. The summed E-state index contributed by atoms with van der Waals surface area (Å²) in [6, 6.07) is 0.0629. The molecule has 0 fully saturated rings. The molecule has 0 spiro atoms. The smallest absolute Gasteiger partial charge is 0.242 e. The number of hydrogen-bond donors (Lipinski definition) is 2. The first-order chi connectivity index (χ1) is 9.77. The van der Waals surface area contributed by atoms with Gasteiger partial charge in [-0.15, -0.1) is 11.3 Å². The zero-order valence-electron chi connectivity index (χ0n) is 13.4. The van der Waals surface area contributed by atoms with Crippen molar-refractivity contribution in [1.82, 2.24) is 10.0 Å². The van der Waals surface area contributed by atoms with E-state index in [2.05, 4.69) is 10.0 Å². The van der Waals surface area contributed by atoms with Crippen molar-refractivity contribution in [3.8, 4) is 0 Å². The molecule has 1 aromatic rings. The van der Waals surface area contributed by atoms with Gasteiger partial charge in [0.1, 0.15) is 4.90 Å². The highest BCUT2D eigenvalue weighted by Crippen LogP contribution is 2.27. The third kappa shape index (κ3) is 5.67. The first-order valence-corrected chi connectivity index (χ1v) is 9.54. The van der Waals surface area contributed by atoms with Gasteiger partial charge >= 0.3 is 0 Å². The minimum atomic E-state index is -3.52. The van der Waals surface area contributed by atoms with Crippen LogP contribution in [0, 0.1) is 6.92 Å². The monoisotopic (exact) mass is 334 g/mol. The molecule has 1 atom stereocenters. The van der Waals surface area contributed by atoms with Gasteiger partial charge in [-0.2, -0.15) is 0 Å². The third-order valence-corrected chi connectivity index (χ3v) is 5.91. The highest BCUT2D eigenvalue weighted by Gasteiger charge is 2.24. The molecule has 0 bridgehead atoms. The molecule has 0 aromatic carbocycles. The molecule has 1 aromatic heterocycles. The Morgan fingerprint density at radius 3 is 2.57 bits per heavy atom. The molecule has 0 aliphatic rings. The average molecular weight is 335 g/mol. The SMILES string of the molecule is CCOCC(C)NS(=O)(=O)c1c(C)csc1CNC(C)C. The molecule has 0 aliphatic heterocycles. The van der Waals surface area contributed by atoms with E-state index in [-0.39, 0.29) is 6.04 Å². The van der Waals surface area contributed by atoms with E-state index in [1.54, 1.807) is 6.92 Å². The predicted molar refractivity (Wildman–Crippen MR) is 87.3 cm³/mol. The molecule has 21 heavy (non-hydrogen) atoms. The van der Waals surface area contributed by atoms with Crippen LogP contribution in [-0.4, -0.2) is 33.7 Å². The number of thiophene rings is 1. The zero-order valence-corrected chi connectivity index (χ0v) is 15.0. The predicted octanol–water partition coefficient (Wildman–Crippen LogP) is 2.26. The molecule has 0 amide bonds. The lowest BCUT2D eigenvalue weighted by atomic mass is 10.3. The molecule has 1 rings (SSSR count). The van der Waals surface area contributed by atoms with Gasteiger partial charge in [-0.3, -0.25) is 0 Å². The molecule has 1 heterocycles. The van der Waals surface area contributed by atoms with E-state index in [0.29, 0.717) is 30.7 Å². The summed E-state index contributed by atoms with van der Waals surface area (Å²) in [6.07, 6.45) is 0. The Morgan fingerprint density at radius 1 is 1.33 bits per heavy atom. The molecule has 122 valence electrons. The number of sulfonamides is 1. The lowest BCUT2D eigenvalue weighted by Crippen LogP contribution is -2.36. The average Bonchev–Trinajstić information content (AvgIpc) is 2.75. The Labute approximate surface area is 132 Å². The van der Waals surface area contributed by atoms with Crippen molar-refractivity contribution in [2.75, 3.05) is 13.2 Å². The van der Waals surface area contributed by atoms with Crippen molar-refractivity contribution in [3.05, 3.63) is 15.8 Å². The Hall–Kier alpha value is -0.470. The number of rotatable bonds is 9. The number of ether oxygens (including phenoxy) is 1. The highest BCUT2D eigenvalue weighted by molar-refractivity contribution is 7.89. The summed E-state index contributed by atoms with van der Waals surface area (Å²) >= 11 is 1.48. The molecule has 2 N–H and O–H groups in total. The van der Waals surface area contributed by atoms with Crippen molar-refractivity contribution in [1.29, 1.82) is 0 Å². The maximum absolute atomic E-state index is 12.6. The van der Waals surface area contributed by atoms with Crippen LogP contribution in [0.4, 0.5) is 0 Å². The Kier molecular flexibility index (Phi) is 7.29. The summed E-state index contributed by atoms with van der Waals surface area (Å²) in [5.41, 5.74) is 0.789. The molecule has 1 unspecified atom stereocenters. The van der Waals surface area contributed by atoms with Gasteiger partial charge in [-0.05, 0) is 31.7 Å². The van der Waals surface area contributed by atoms with Crippen LogP contribution in [0.25, 0.3) is 0 Å². The molecule has 5 nitrogen and oxygen atoms in total. The second-order valence-electron chi connectivity index (χ2n) is 5.39. The van der Waals surface area contributed by atoms with Gasteiger partial charge in [-0.1, -0.05) is 13.8 Å². The fourth-order valence-electron chi connectivity index (χ4n) is 1.92. The Balaban J connectivity index is 2.89. The summed E-state index contributed by atoms with van der Waals surface area (Å²) in [5.74, 6) is 0. The molecule has 0 saturated carbocycles. The Bertz CT molecular complexity index is 538. The van der Waals surface area contributed by atoms with Gasteiger partial charge in [0, 0.05) is 30.1 Å². The van der Waals surface area contributed by atoms with Gasteiger partial charge < -0.3 is 10.1 Å². The van der Waals surface area contributed by atoms with Crippen molar-refractivity contribution < 1.29 is 13.2 Å². The third-order valence-electron chi connectivity index (χ3n) is 2.86. The van der Waals surface area contributed by atoms with E-state index in [4.69, 9.17) is 4.74 Å². The fourth-order valence-corrected chi connectivity index (χ4v) is 4.91.